The van der Waals surface area contributed by atoms with E-state index in [0.717, 1.165) is 44.5 Å². The Hall–Kier alpha value is -3.10. The number of nitrogens with two attached hydrogens (primary N) is 1. The van der Waals surface area contributed by atoms with E-state index in [-0.39, 0.29) is 28.9 Å². The van der Waals surface area contributed by atoms with E-state index in [1.165, 1.54) is 37.6 Å². The number of amides is 1. The number of aliphatic hydroxyl groups excluding tert-OH is 1. The number of carbonyl (C=O) groups excluding carboxylic acids is 1. The summed E-state index contributed by atoms with van der Waals surface area (Å²) in [6.45, 7) is 2.13. The molecule has 1 aromatic heterocycles. The molecule has 4 atom stereocenters. The highest BCUT2D eigenvalue weighted by Gasteiger charge is 2.39. The van der Waals surface area contributed by atoms with Crippen LogP contribution in [0, 0.1) is 17.2 Å². The van der Waals surface area contributed by atoms with E-state index in [4.69, 9.17) is 5.73 Å². The summed E-state index contributed by atoms with van der Waals surface area (Å²) < 4.78 is 39.8. The average molecular weight is 491 g/mol. The second-order valence-electron chi connectivity index (χ2n) is 9.29. The number of nitrogens with zero attached hydrogens (tertiary/aromatic N) is 4. The van der Waals surface area contributed by atoms with Crippen molar-refractivity contribution in [3.63, 3.8) is 0 Å². The summed E-state index contributed by atoms with van der Waals surface area (Å²) in [5, 5.41) is 26.7. The van der Waals surface area contributed by atoms with Gasteiger partial charge < -0.3 is 21.1 Å². The number of likely N-dealkylation sites (tertiary alicyclic amines) is 1. The van der Waals surface area contributed by atoms with E-state index in [2.05, 4.69) is 21.4 Å². The van der Waals surface area contributed by atoms with E-state index < -0.39 is 18.2 Å². The lowest BCUT2D eigenvalue weighted by Gasteiger charge is -2.40. The summed E-state index contributed by atoms with van der Waals surface area (Å²) in [5.74, 6) is -0.817. The number of benzene rings is 1. The molecule has 11 heteroatoms. The molecule has 188 valence electrons. The predicted molar refractivity (Wildman–Crippen MR) is 123 cm³/mol. The first-order chi connectivity index (χ1) is 16.7. The molecule has 8 nitrogen and oxygen atoms in total. The molecule has 1 saturated heterocycles. The second kappa shape index (κ2) is 10.3. The molecule has 1 aliphatic carbocycles. The van der Waals surface area contributed by atoms with Crippen molar-refractivity contribution in [3.05, 3.63) is 41.6 Å². The summed E-state index contributed by atoms with van der Waals surface area (Å²) in [5.41, 5.74) is 5.75. The minimum atomic E-state index is -4.77. The lowest BCUT2D eigenvalue weighted by atomic mass is 9.81. The first-order valence-electron chi connectivity index (χ1n) is 11.8. The van der Waals surface area contributed by atoms with Crippen LogP contribution in [-0.2, 0) is 0 Å². The van der Waals surface area contributed by atoms with Gasteiger partial charge in [0.2, 0.25) is 0 Å². The highest BCUT2D eigenvalue weighted by molar-refractivity contribution is 5.98. The normalized spacial score (nSPS) is 24.5. The van der Waals surface area contributed by atoms with Crippen LogP contribution < -0.4 is 11.1 Å². The number of aliphatic hydroxyl groups is 1. The van der Waals surface area contributed by atoms with Crippen molar-refractivity contribution in [3.8, 4) is 6.07 Å². The molecular formula is C24H29F3N6O2. The molecule has 4 rings (SSSR count). The van der Waals surface area contributed by atoms with E-state index in [1.54, 1.807) is 4.68 Å². The SMILES string of the molecule is N#C[C@H]1C[C@@H](N2CCCCC2)CC[C@@H]1n1cc(C(N)=O)c(Nc2ccc([C@@H](O)C(F)(F)F)cc2)n1. The van der Waals surface area contributed by atoms with Gasteiger partial charge in [-0.2, -0.15) is 23.5 Å². The van der Waals surface area contributed by atoms with E-state index in [9.17, 15) is 28.3 Å². The third kappa shape index (κ3) is 5.60. The number of hydrogen-bond donors (Lipinski definition) is 3. The van der Waals surface area contributed by atoms with Crippen LogP contribution in [0.25, 0.3) is 0 Å². The van der Waals surface area contributed by atoms with Crippen molar-refractivity contribution in [2.75, 3.05) is 18.4 Å². The monoisotopic (exact) mass is 490 g/mol. The van der Waals surface area contributed by atoms with Gasteiger partial charge >= 0.3 is 6.18 Å². The van der Waals surface area contributed by atoms with Crippen molar-refractivity contribution in [2.24, 2.45) is 11.7 Å². The lowest BCUT2D eigenvalue weighted by Crippen LogP contribution is -2.44. The minimum Gasteiger partial charge on any atom is -0.379 e. The smallest absolute Gasteiger partial charge is 0.379 e. The van der Waals surface area contributed by atoms with Crippen LogP contribution in [0.2, 0.25) is 0 Å². The first kappa shape index (κ1) is 25.0. The first-order valence-corrected chi connectivity index (χ1v) is 11.8. The molecule has 0 spiro atoms. The number of nitrogens with one attached hydrogen (secondary N) is 1. The fourth-order valence-electron chi connectivity index (χ4n) is 5.11. The molecule has 2 fully saturated rings. The zero-order valence-electron chi connectivity index (χ0n) is 19.2. The van der Waals surface area contributed by atoms with Crippen LogP contribution in [0.5, 0.6) is 0 Å². The van der Waals surface area contributed by atoms with Crippen LogP contribution in [0.15, 0.2) is 30.5 Å². The van der Waals surface area contributed by atoms with Gasteiger partial charge in [-0.25, -0.2) is 0 Å². The number of piperidine rings is 1. The van der Waals surface area contributed by atoms with E-state index >= 15 is 0 Å². The predicted octanol–water partition coefficient (Wildman–Crippen LogP) is 4.04. The maximum atomic E-state index is 12.7. The lowest BCUT2D eigenvalue weighted by molar-refractivity contribution is -0.206. The maximum absolute atomic E-state index is 12.7. The number of nitriles is 1. The third-order valence-electron chi connectivity index (χ3n) is 7.00. The van der Waals surface area contributed by atoms with Gasteiger partial charge in [0, 0.05) is 17.9 Å². The number of anilines is 2. The van der Waals surface area contributed by atoms with Gasteiger partial charge in [-0.05, 0) is 62.9 Å². The van der Waals surface area contributed by atoms with Gasteiger partial charge in [0.15, 0.2) is 11.9 Å². The zero-order valence-corrected chi connectivity index (χ0v) is 19.2. The van der Waals surface area contributed by atoms with Crippen LogP contribution in [0.4, 0.5) is 24.7 Å². The summed E-state index contributed by atoms with van der Waals surface area (Å²) in [4.78, 5) is 14.6. The Kier molecular flexibility index (Phi) is 7.33. The van der Waals surface area contributed by atoms with Crippen molar-refractivity contribution in [1.82, 2.24) is 14.7 Å². The highest BCUT2D eigenvalue weighted by atomic mass is 19.4. The van der Waals surface area contributed by atoms with Crippen LogP contribution in [0.1, 0.15) is 66.6 Å². The van der Waals surface area contributed by atoms with Crippen molar-refractivity contribution < 1.29 is 23.1 Å². The number of alkyl halides is 3. The fourth-order valence-corrected chi connectivity index (χ4v) is 5.11. The number of aromatic nitrogens is 2. The zero-order chi connectivity index (χ0) is 25.2. The van der Waals surface area contributed by atoms with Gasteiger partial charge in [0.05, 0.1) is 18.0 Å². The van der Waals surface area contributed by atoms with E-state index in [0.29, 0.717) is 11.7 Å². The molecule has 35 heavy (non-hydrogen) atoms. The Labute approximate surface area is 201 Å². The summed E-state index contributed by atoms with van der Waals surface area (Å²) >= 11 is 0. The van der Waals surface area contributed by atoms with Gasteiger partial charge in [-0.3, -0.25) is 9.48 Å². The minimum absolute atomic E-state index is 0.124. The van der Waals surface area contributed by atoms with Gasteiger partial charge in [0.25, 0.3) is 5.91 Å². The number of carbonyl (C=O) groups is 1. The Balaban J connectivity index is 1.51. The summed E-state index contributed by atoms with van der Waals surface area (Å²) in [6, 6.07) is 7.59. The molecule has 2 aromatic rings. The number of rotatable bonds is 6. The number of primary amides is 1. The molecule has 2 heterocycles. The molecule has 1 aliphatic heterocycles. The molecule has 2 aliphatic rings. The van der Waals surface area contributed by atoms with Gasteiger partial charge in [-0.15, -0.1) is 0 Å². The summed E-state index contributed by atoms with van der Waals surface area (Å²) in [7, 11) is 0. The Morgan fingerprint density at radius 2 is 1.89 bits per heavy atom. The average Bonchev–Trinajstić information content (AvgIpc) is 3.27. The molecular weight excluding hydrogens is 461 g/mol. The molecule has 0 bridgehead atoms. The molecule has 1 saturated carbocycles. The van der Waals surface area contributed by atoms with E-state index in [1.807, 2.05) is 0 Å². The Morgan fingerprint density at radius 3 is 2.49 bits per heavy atom. The Bertz CT molecular complexity index is 1070. The third-order valence-corrected chi connectivity index (χ3v) is 7.00. The van der Waals surface area contributed by atoms with Gasteiger partial charge in [-0.1, -0.05) is 18.6 Å². The topological polar surface area (TPSA) is 120 Å². The largest absolute Gasteiger partial charge is 0.418 e. The van der Waals surface area contributed by atoms with Crippen molar-refractivity contribution in [2.45, 2.75) is 62.9 Å². The van der Waals surface area contributed by atoms with Crippen LogP contribution in [0.3, 0.4) is 0 Å². The highest BCUT2D eigenvalue weighted by Crippen LogP contribution is 2.38. The second-order valence-corrected chi connectivity index (χ2v) is 9.29. The quantitative estimate of drug-likeness (QED) is 0.562. The number of halogens is 3. The fraction of sp³-hybridized carbons (Fsp3) is 0.542. The van der Waals surface area contributed by atoms with Gasteiger partial charge in [0.1, 0.15) is 5.56 Å². The maximum Gasteiger partial charge on any atom is 0.418 e. The molecule has 0 radical (unpaired) electrons. The number of hydrogen-bond acceptors (Lipinski definition) is 6. The summed E-state index contributed by atoms with van der Waals surface area (Å²) in [6.07, 6.45) is 0.201. The molecule has 1 aromatic carbocycles. The van der Waals surface area contributed by atoms with Crippen molar-refractivity contribution >= 4 is 17.4 Å². The molecule has 1 amide bonds. The van der Waals surface area contributed by atoms with Crippen LogP contribution in [-0.4, -0.2) is 51.0 Å². The Morgan fingerprint density at radius 1 is 1.20 bits per heavy atom. The standard InChI is InChI=1S/C24H29F3N6O2/c25-24(26,27)21(34)15-4-6-17(7-5-15)30-23-19(22(29)35)14-33(31-23)20-9-8-18(12-16(20)13-28)32-10-2-1-3-11-32/h4-7,14,16,18,20-21,34H,1-3,8-12H2,(H2,29,35)(H,30,31)/t16-,18+,20+,21-/m1/s1. The molecule has 4 N–H and O–H groups in total. The van der Waals surface area contributed by atoms with Crippen LogP contribution >= 0.6 is 0 Å². The van der Waals surface area contributed by atoms with Crippen molar-refractivity contribution in [1.29, 1.82) is 5.26 Å². The molecule has 0 unspecified atom stereocenters.